The Kier molecular flexibility index (Phi) is 4.86. The lowest BCUT2D eigenvalue weighted by molar-refractivity contribution is 0.252. The van der Waals surface area contributed by atoms with Crippen LogP contribution in [-0.4, -0.2) is 22.7 Å². The van der Waals surface area contributed by atoms with Gasteiger partial charge in [0.15, 0.2) is 5.82 Å². The van der Waals surface area contributed by atoms with Crippen molar-refractivity contribution in [1.82, 2.24) is 15.5 Å². The molecule has 0 spiro atoms. The Balaban J connectivity index is 1.49. The summed E-state index contributed by atoms with van der Waals surface area (Å²) in [5.74, 6) is 1.05. The van der Waals surface area contributed by atoms with Gasteiger partial charge >= 0.3 is 6.03 Å². The van der Waals surface area contributed by atoms with Gasteiger partial charge in [0.25, 0.3) is 5.89 Å². The molecule has 24 heavy (non-hydrogen) atoms. The van der Waals surface area contributed by atoms with Crippen molar-refractivity contribution in [2.45, 2.75) is 13.3 Å². The average molecular weight is 322 g/mol. The second-order valence-corrected chi connectivity index (χ2v) is 5.34. The SMILES string of the molecule is Cc1noc(-c2ccc(NC(=O)NCCc3ccccc3)cc2)n1. The van der Waals surface area contributed by atoms with Crippen LogP contribution in [-0.2, 0) is 6.42 Å². The molecule has 1 heterocycles. The summed E-state index contributed by atoms with van der Waals surface area (Å²) < 4.78 is 5.11. The van der Waals surface area contributed by atoms with Crippen molar-refractivity contribution < 1.29 is 9.32 Å². The van der Waals surface area contributed by atoms with Crippen LogP contribution in [0.25, 0.3) is 11.5 Å². The van der Waals surface area contributed by atoms with E-state index in [1.54, 1.807) is 19.1 Å². The number of carbonyl (C=O) groups excluding carboxylic acids is 1. The van der Waals surface area contributed by atoms with E-state index in [1.165, 1.54) is 5.56 Å². The van der Waals surface area contributed by atoms with Gasteiger partial charge in [-0.3, -0.25) is 0 Å². The quantitative estimate of drug-likeness (QED) is 0.754. The summed E-state index contributed by atoms with van der Waals surface area (Å²) in [5.41, 5.74) is 2.70. The normalized spacial score (nSPS) is 10.4. The number of carbonyl (C=O) groups is 1. The molecule has 0 unspecified atom stereocenters. The monoisotopic (exact) mass is 322 g/mol. The van der Waals surface area contributed by atoms with E-state index in [4.69, 9.17) is 4.52 Å². The molecular formula is C18H18N4O2. The number of rotatable bonds is 5. The zero-order valence-corrected chi connectivity index (χ0v) is 13.3. The maximum Gasteiger partial charge on any atom is 0.319 e. The van der Waals surface area contributed by atoms with Gasteiger partial charge in [0.05, 0.1) is 0 Å². The first-order valence-corrected chi connectivity index (χ1v) is 7.70. The van der Waals surface area contributed by atoms with Crippen LogP contribution in [0, 0.1) is 6.92 Å². The number of amides is 2. The first-order chi connectivity index (χ1) is 11.7. The smallest absolute Gasteiger partial charge is 0.319 e. The minimum atomic E-state index is -0.229. The molecule has 0 saturated heterocycles. The molecular weight excluding hydrogens is 304 g/mol. The first-order valence-electron chi connectivity index (χ1n) is 7.70. The molecule has 2 N–H and O–H groups in total. The van der Waals surface area contributed by atoms with E-state index in [0.717, 1.165) is 12.0 Å². The van der Waals surface area contributed by atoms with Crippen molar-refractivity contribution in [3.8, 4) is 11.5 Å². The summed E-state index contributed by atoms with van der Waals surface area (Å²) in [6, 6.07) is 17.0. The van der Waals surface area contributed by atoms with E-state index in [2.05, 4.69) is 20.8 Å². The predicted molar refractivity (Wildman–Crippen MR) is 91.6 cm³/mol. The van der Waals surface area contributed by atoms with Gasteiger partial charge in [-0.2, -0.15) is 4.98 Å². The number of anilines is 1. The molecule has 0 aliphatic heterocycles. The zero-order chi connectivity index (χ0) is 16.8. The number of aromatic nitrogens is 2. The fourth-order valence-electron chi connectivity index (χ4n) is 2.25. The molecule has 2 aromatic carbocycles. The Morgan fingerprint density at radius 3 is 2.50 bits per heavy atom. The highest BCUT2D eigenvalue weighted by atomic mass is 16.5. The summed E-state index contributed by atoms with van der Waals surface area (Å²) in [7, 11) is 0. The van der Waals surface area contributed by atoms with Gasteiger partial charge < -0.3 is 15.2 Å². The Hall–Kier alpha value is -3.15. The Bertz CT molecular complexity index is 797. The molecule has 122 valence electrons. The van der Waals surface area contributed by atoms with Gasteiger partial charge in [0, 0.05) is 17.8 Å². The van der Waals surface area contributed by atoms with Gasteiger partial charge in [-0.05, 0) is 43.2 Å². The third-order valence-corrected chi connectivity index (χ3v) is 3.46. The summed E-state index contributed by atoms with van der Waals surface area (Å²) >= 11 is 0. The zero-order valence-electron chi connectivity index (χ0n) is 13.3. The van der Waals surface area contributed by atoms with Gasteiger partial charge in [0.2, 0.25) is 0 Å². The second-order valence-electron chi connectivity index (χ2n) is 5.34. The molecule has 0 aliphatic carbocycles. The molecule has 2 amide bonds. The number of hydrogen-bond donors (Lipinski definition) is 2. The molecule has 0 bridgehead atoms. The molecule has 0 radical (unpaired) electrons. The molecule has 6 heteroatoms. The standard InChI is InChI=1S/C18H18N4O2/c1-13-20-17(24-22-13)15-7-9-16(10-8-15)21-18(23)19-12-11-14-5-3-2-4-6-14/h2-10H,11-12H2,1H3,(H2,19,21,23). The molecule has 3 rings (SSSR count). The fourth-order valence-corrected chi connectivity index (χ4v) is 2.25. The van der Waals surface area contributed by atoms with Crippen molar-refractivity contribution in [3.63, 3.8) is 0 Å². The average Bonchev–Trinajstić information content (AvgIpc) is 3.03. The van der Waals surface area contributed by atoms with Crippen LogP contribution in [0.3, 0.4) is 0 Å². The third kappa shape index (κ3) is 4.19. The lowest BCUT2D eigenvalue weighted by atomic mass is 10.1. The van der Waals surface area contributed by atoms with Gasteiger partial charge in [0.1, 0.15) is 0 Å². The minimum Gasteiger partial charge on any atom is -0.338 e. The topological polar surface area (TPSA) is 80.0 Å². The van der Waals surface area contributed by atoms with E-state index in [9.17, 15) is 4.79 Å². The van der Waals surface area contributed by atoms with Crippen molar-refractivity contribution in [3.05, 3.63) is 66.0 Å². The van der Waals surface area contributed by atoms with Crippen LogP contribution in [0.2, 0.25) is 0 Å². The van der Waals surface area contributed by atoms with E-state index in [0.29, 0.717) is 23.9 Å². The van der Waals surface area contributed by atoms with E-state index in [1.807, 2.05) is 42.5 Å². The summed E-state index contributed by atoms with van der Waals surface area (Å²) in [5, 5.41) is 9.39. The third-order valence-electron chi connectivity index (χ3n) is 3.46. The van der Waals surface area contributed by atoms with Crippen LogP contribution in [0.15, 0.2) is 59.1 Å². The number of nitrogens with one attached hydrogen (secondary N) is 2. The molecule has 0 atom stereocenters. The minimum absolute atomic E-state index is 0.229. The van der Waals surface area contributed by atoms with E-state index < -0.39 is 0 Å². The fraction of sp³-hybridized carbons (Fsp3) is 0.167. The molecule has 0 saturated carbocycles. The maximum atomic E-state index is 11.9. The lowest BCUT2D eigenvalue weighted by Crippen LogP contribution is -2.30. The van der Waals surface area contributed by atoms with Crippen LogP contribution < -0.4 is 10.6 Å². The molecule has 1 aromatic heterocycles. The van der Waals surface area contributed by atoms with Crippen LogP contribution in [0.4, 0.5) is 10.5 Å². The molecule has 6 nitrogen and oxygen atoms in total. The van der Waals surface area contributed by atoms with Gasteiger partial charge in [-0.1, -0.05) is 35.5 Å². The number of aryl methyl sites for hydroxylation is 1. The van der Waals surface area contributed by atoms with E-state index >= 15 is 0 Å². The van der Waals surface area contributed by atoms with Crippen molar-refractivity contribution in [2.75, 3.05) is 11.9 Å². The highest BCUT2D eigenvalue weighted by Crippen LogP contribution is 2.19. The largest absolute Gasteiger partial charge is 0.338 e. The van der Waals surface area contributed by atoms with Gasteiger partial charge in [-0.15, -0.1) is 0 Å². The van der Waals surface area contributed by atoms with Crippen molar-refractivity contribution >= 4 is 11.7 Å². The number of hydrogen-bond acceptors (Lipinski definition) is 4. The van der Waals surface area contributed by atoms with Crippen LogP contribution in [0.1, 0.15) is 11.4 Å². The molecule has 3 aromatic rings. The Morgan fingerprint density at radius 2 is 1.83 bits per heavy atom. The molecule has 0 aliphatic rings. The van der Waals surface area contributed by atoms with E-state index in [-0.39, 0.29) is 6.03 Å². The summed E-state index contributed by atoms with van der Waals surface area (Å²) in [6.45, 7) is 2.35. The predicted octanol–water partition coefficient (Wildman–Crippen LogP) is 3.41. The lowest BCUT2D eigenvalue weighted by Gasteiger charge is -2.08. The second kappa shape index (κ2) is 7.41. The highest BCUT2D eigenvalue weighted by molar-refractivity contribution is 5.89. The summed E-state index contributed by atoms with van der Waals surface area (Å²) in [6.07, 6.45) is 0.795. The Labute approximate surface area is 139 Å². The van der Waals surface area contributed by atoms with Crippen LogP contribution in [0.5, 0.6) is 0 Å². The maximum absolute atomic E-state index is 11.9. The highest BCUT2D eigenvalue weighted by Gasteiger charge is 2.07. The van der Waals surface area contributed by atoms with Crippen LogP contribution >= 0.6 is 0 Å². The summed E-state index contributed by atoms with van der Waals surface area (Å²) in [4.78, 5) is 16.1. The first kappa shape index (κ1) is 15.7. The van der Waals surface area contributed by atoms with Crippen molar-refractivity contribution in [1.29, 1.82) is 0 Å². The number of urea groups is 1. The van der Waals surface area contributed by atoms with Crippen molar-refractivity contribution in [2.24, 2.45) is 0 Å². The molecule has 0 fully saturated rings. The van der Waals surface area contributed by atoms with Gasteiger partial charge in [-0.25, -0.2) is 4.79 Å². The Morgan fingerprint density at radius 1 is 1.08 bits per heavy atom. The number of benzene rings is 2. The number of nitrogens with zero attached hydrogens (tertiary/aromatic N) is 2.